The van der Waals surface area contributed by atoms with Gasteiger partial charge in [0.25, 0.3) is 0 Å². The van der Waals surface area contributed by atoms with E-state index in [9.17, 15) is 4.79 Å². The molecule has 0 N–H and O–H groups in total. The van der Waals surface area contributed by atoms with Crippen molar-refractivity contribution in [1.29, 1.82) is 5.26 Å². The van der Waals surface area contributed by atoms with E-state index in [0.29, 0.717) is 6.29 Å². The molecule has 0 bridgehead atoms. The van der Waals surface area contributed by atoms with E-state index in [4.69, 9.17) is 14.1 Å². The van der Waals surface area contributed by atoms with Gasteiger partial charge in [0, 0.05) is 0 Å². The first-order chi connectivity index (χ1) is 7.33. The maximum atomic E-state index is 11.1. The zero-order valence-corrected chi connectivity index (χ0v) is 7.71. The lowest BCUT2D eigenvalue weighted by molar-refractivity contribution is -0.110. The lowest BCUT2D eigenvalue weighted by Gasteiger charge is -2.13. The fraction of sp³-hybridized carbons (Fsp3) is 0.0909. The molecule has 74 valence electrons. The van der Waals surface area contributed by atoms with Crippen LogP contribution in [0.2, 0.25) is 0 Å². The van der Waals surface area contributed by atoms with Gasteiger partial charge in [-0.1, -0.05) is 0 Å². The number of rotatable bonds is 3. The Morgan fingerprint density at radius 1 is 1.20 bits per heavy atom. The molecule has 0 aliphatic carbocycles. The summed E-state index contributed by atoms with van der Waals surface area (Å²) in [5.74, 6) is 0.518. The maximum absolute atomic E-state index is 11.1. The summed E-state index contributed by atoms with van der Waals surface area (Å²) in [6, 6.07) is 8.29. The first-order valence-electron chi connectivity index (χ1n) is 4.29. The molecule has 15 heavy (non-hydrogen) atoms. The van der Waals surface area contributed by atoms with E-state index in [0.717, 1.165) is 0 Å². The monoisotopic (exact) mass is 201 g/mol. The number of furan rings is 2. The van der Waals surface area contributed by atoms with Crippen LogP contribution in [-0.4, -0.2) is 6.29 Å². The minimum absolute atomic E-state index is 0.259. The molecule has 0 unspecified atom stereocenters. The van der Waals surface area contributed by atoms with E-state index < -0.39 is 5.41 Å². The molecule has 4 heteroatoms. The molecule has 0 aromatic carbocycles. The third kappa shape index (κ3) is 1.25. The van der Waals surface area contributed by atoms with Crippen molar-refractivity contribution in [3.05, 3.63) is 48.3 Å². The van der Waals surface area contributed by atoms with Gasteiger partial charge in [0.05, 0.1) is 18.6 Å². The summed E-state index contributed by atoms with van der Waals surface area (Å²) in [4.78, 5) is 11.1. The average Bonchev–Trinajstić information content (AvgIpc) is 2.92. The molecule has 2 rings (SSSR count). The van der Waals surface area contributed by atoms with Gasteiger partial charge in [0.15, 0.2) is 6.29 Å². The Morgan fingerprint density at radius 2 is 1.73 bits per heavy atom. The van der Waals surface area contributed by atoms with E-state index in [1.807, 2.05) is 6.07 Å². The van der Waals surface area contributed by atoms with Crippen LogP contribution in [0.25, 0.3) is 0 Å². The van der Waals surface area contributed by atoms with E-state index in [-0.39, 0.29) is 11.5 Å². The third-order valence-corrected chi connectivity index (χ3v) is 2.17. The topological polar surface area (TPSA) is 67.1 Å². The minimum Gasteiger partial charge on any atom is -0.467 e. The van der Waals surface area contributed by atoms with Gasteiger partial charge in [-0.2, -0.15) is 5.26 Å². The summed E-state index contributed by atoms with van der Waals surface area (Å²) in [7, 11) is 0. The molecule has 0 fully saturated rings. The SMILES string of the molecule is N#CC(C=O)(c1ccco1)c1ccco1. The highest BCUT2D eigenvalue weighted by atomic mass is 16.3. The molecule has 0 spiro atoms. The molecule has 4 nitrogen and oxygen atoms in total. The first-order valence-corrected chi connectivity index (χ1v) is 4.29. The van der Waals surface area contributed by atoms with Crippen LogP contribution in [-0.2, 0) is 10.2 Å². The summed E-state index contributed by atoms with van der Waals surface area (Å²) in [5, 5.41) is 9.12. The van der Waals surface area contributed by atoms with Crippen molar-refractivity contribution in [1.82, 2.24) is 0 Å². The normalized spacial score (nSPS) is 10.9. The highest BCUT2D eigenvalue weighted by molar-refractivity contribution is 5.77. The number of hydrogen-bond acceptors (Lipinski definition) is 4. The Hall–Kier alpha value is -2.28. The van der Waals surface area contributed by atoms with Crippen LogP contribution < -0.4 is 0 Å². The zero-order valence-electron chi connectivity index (χ0n) is 7.71. The lowest BCUT2D eigenvalue weighted by atomic mass is 9.86. The molecule has 0 atom stereocenters. The van der Waals surface area contributed by atoms with Crippen molar-refractivity contribution < 1.29 is 13.6 Å². The first kappa shape index (κ1) is 9.28. The molecule has 2 aromatic rings. The summed E-state index contributed by atoms with van der Waals surface area (Å²) >= 11 is 0. The van der Waals surface area contributed by atoms with Crippen LogP contribution in [0.15, 0.2) is 45.6 Å². The summed E-state index contributed by atoms with van der Waals surface area (Å²) < 4.78 is 10.2. The molecular weight excluding hydrogens is 194 g/mol. The van der Waals surface area contributed by atoms with E-state index in [1.165, 1.54) is 12.5 Å². The van der Waals surface area contributed by atoms with Gasteiger partial charge in [0.2, 0.25) is 5.41 Å². The summed E-state index contributed by atoms with van der Waals surface area (Å²) in [6.45, 7) is 0. The van der Waals surface area contributed by atoms with Crippen molar-refractivity contribution in [3.8, 4) is 6.07 Å². The van der Waals surface area contributed by atoms with Crippen LogP contribution in [0.4, 0.5) is 0 Å². The van der Waals surface area contributed by atoms with E-state index in [1.54, 1.807) is 24.3 Å². The molecule has 2 heterocycles. The van der Waals surface area contributed by atoms with Gasteiger partial charge in [-0.25, -0.2) is 0 Å². The standard InChI is InChI=1S/C11H7NO3/c12-7-11(8-13,9-3-1-5-14-9)10-4-2-6-15-10/h1-6,8H. The minimum atomic E-state index is -1.48. The summed E-state index contributed by atoms with van der Waals surface area (Å²) in [6.07, 6.45) is 3.34. The molecule has 0 radical (unpaired) electrons. The average molecular weight is 201 g/mol. The number of hydrogen-bond donors (Lipinski definition) is 0. The van der Waals surface area contributed by atoms with Gasteiger partial charge in [-0.15, -0.1) is 0 Å². The van der Waals surface area contributed by atoms with Gasteiger partial charge >= 0.3 is 0 Å². The van der Waals surface area contributed by atoms with Crippen LogP contribution in [0.1, 0.15) is 11.5 Å². The zero-order chi connectivity index (χ0) is 10.7. The number of aldehydes is 1. The van der Waals surface area contributed by atoms with Gasteiger partial charge in [-0.3, -0.25) is 0 Å². The number of nitriles is 1. The predicted octanol–water partition coefficient (Wildman–Crippen LogP) is 1.88. The van der Waals surface area contributed by atoms with E-state index in [2.05, 4.69) is 0 Å². The second kappa shape index (κ2) is 3.46. The van der Waals surface area contributed by atoms with Crippen LogP contribution >= 0.6 is 0 Å². The Kier molecular flexibility index (Phi) is 2.14. The van der Waals surface area contributed by atoms with Crippen molar-refractivity contribution >= 4 is 6.29 Å². The Balaban J connectivity index is 2.61. The second-order valence-electron chi connectivity index (χ2n) is 2.99. The van der Waals surface area contributed by atoms with E-state index >= 15 is 0 Å². The smallest absolute Gasteiger partial charge is 0.226 e. The Morgan fingerprint density at radius 3 is 2.00 bits per heavy atom. The van der Waals surface area contributed by atoms with Crippen LogP contribution in [0, 0.1) is 11.3 Å². The molecule has 2 aromatic heterocycles. The quantitative estimate of drug-likeness (QED) is 0.711. The number of nitrogens with zero attached hydrogens (tertiary/aromatic N) is 1. The van der Waals surface area contributed by atoms with Crippen molar-refractivity contribution in [2.24, 2.45) is 0 Å². The highest BCUT2D eigenvalue weighted by Crippen LogP contribution is 2.30. The Labute approximate surface area is 85.7 Å². The van der Waals surface area contributed by atoms with Gasteiger partial charge in [-0.05, 0) is 24.3 Å². The van der Waals surface area contributed by atoms with Crippen molar-refractivity contribution in [2.75, 3.05) is 0 Å². The van der Waals surface area contributed by atoms with Gasteiger partial charge < -0.3 is 13.6 Å². The largest absolute Gasteiger partial charge is 0.467 e. The van der Waals surface area contributed by atoms with Gasteiger partial charge in [0.1, 0.15) is 11.5 Å². The van der Waals surface area contributed by atoms with Crippen molar-refractivity contribution in [2.45, 2.75) is 5.41 Å². The molecule has 0 saturated heterocycles. The molecule has 0 amide bonds. The lowest BCUT2D eigenvalue weighted by Crippen LogP contribution is -2.26. The van der Waals surface area contributed by atoms with Crippen LogP contribution in [0.5, 0.6) is 0 Å². The van der Waals surface area contributed by atoms with Crippen LogP contribution in [0.3, 0.4) is 0 Å². The second-order valence-corrected chi connectivity index (χ2v) is 2.99. The molecule has 0 aliphatic heterocycles. The maximum Gasteiger partial charge on any atom is 0.226 e. The fourth-order valence-corrected chi connectivity index (χ4v) is 1.38. The molecule has 0 aliphatic rings. The van der Waals surface area contributed by atoms with Crippen molar-refractivity contribution in [3.63, 3.8) is 0 Å². The number of carbonyl (C=O) groups excluding carboxylic acids is 1. The predicted molar refractivity (Wildman–Crippen MR) is 49.9 cm³/mol. The fourth-order valence-electron chi connectivity index (χ4n) is 1.38. The third-order valence-electron chi connectivity index (χ3n) is 2.17. The molecular formula is C11H7NO3. The Bertz CT molecular complexity index is 442. The summed E-state index contributed by atoms with van der Waals surface area (Å²) in [5.41, 5.74) is -1.48. The highest BCUT2D eigenvalue weighted by Gasteiger charge is 2.40. The number of carbonyl (C=O) groups is 1. The molecule has 0 saturated carbocycles.